The number of anilines is 1. The Bertz CT molecular complexity index is 600. The van der Waals surface area contributed by atoms with Gasteiger partial charge in [0.2, 0.25) is 0 Å². The third-order valence-electron chi connectivity index (χ3n) is 4.07. The van der Waals surface area contributed by atoms with Crippen molar-refractivity contribution >= 4 is 5.69 Å². The first kappa shape index (κ1) is 14.0. The zero-order chi connectivity index (χ0) is 14.7. The number of para-hydroxylation sites is 2. The fraction of sp³-hybridized carbons (Fsp3) is 0.471. The highest BCUT2D eigenvalue weighted by atomic mass is 16.5. The van der Waals surface area contributed by atoms with E-state index in [9.17, 15) is 0 Å². The Labute approximate surface area is 126 Å². The van der Waals surface area contributed by atoms with Crippen molar-refractivity contribution in [1.82, 2.24) is 9.78 Å². The van der Waals surface area contributed by atoms with Crippen molar-refractivity contribution in [3.8, 4) is 5.75 Å². The molecule has 0 amide bonds. The van der Waals surface area contributed by atoms with Crippen LogP contribution < -0.4 is 9.64 Å². The van der Waals surface area contributed by atoms with E-state index in [2.05, 4.69) is 41.3 Å². The van der Waals surface area contributed by atoms with Gasteiger partial charge in [-0.15, -0.1) is 0 Å². The second-order valence-corrected chi connectivity index (χ2v) is 5.55. The normalized spacial score (nSPS) is 14.7. The summed E-state index contributed by atoms with van der Waals surface area (Å²) < 4.78 is 8.04. The lowest BCUT2D eigenvalue weighted by Gasteiger charge is -2.21. The van der Waals surface area contributed by atoms with Crippen molar-refractivity contribution in [2.24, 2.45) is 0 Å². The van der Waals surface area contributed by atoms with Crippen LogP contribution in [0.5, 0.6) is 5.75 Å². The third-order valence-corrected chi connectivity index (χ3v) is 4.07. The predicted octanol–water partition coefficient (Wildman–Crippen LogP) is 3.39. The number of aryl methyl sites for hydroxylation is 2. The predicted molar refractivity (Wildman–Crippen MR) is 84.9 cm³/mol. The van der Waals surface area contributed by atoms with Crippen LogP contribution in [0.3, 0.4) is 0 Å². The Kier molecular flexibility index (Phi) is 4.13. The van der Waals surface area contributed by atoms with Crippen molar-refractivity contribution in [3.63, 3.8) is 0 Å². The average Bonchev–Trinajstić information content (AvgIpc) is 3.15. The van der Waals surface area contributed by atoms with Crippen LogP contribution in [0.1, 0.15) is 31.0 Å². The van der Waals surface area contributed by atoms with Crippen molar-refractivity contribution < 1.29 is 4.74 Å². The summed E-state index contributed by atoms with van der Waals surface area (Å²) in [5.41, 5.74) is 3.43. The largest absolute Gasteiger partial charge is 0.487 e. The lowest BCUT2D eigenvalue weighted by atomic mass is 10.2. The summed E-state index contributed by atoms with van der Waals surface area (Å²) in [7, 11) is 0. The molecule has 112 valence electrons. The van der Waals surface area contributed by atoms with E-state index < -0.39 is 0 Å². The number of nitrogens with zero attached hydrogens (tertiary/aromatic N) is 3. The molecule has 3 rings (SSSR count). The number of hydrogen-bond acceptors (Lipinski definition) is 3. The molecule has 0 N–H and O–H groups in total. The Morgan fingerprint density at radius 1 is 1.19 bits per heavy atom. The summed E-state index contributed by atoms with van der Waals surface area (Å²) in [6.07, 6.45) is 4.63. The Hall–Kier alpha value is -1.97. The summed E-state index contributed by atoms with van der Waals surface area (Å²) in [5, 5.41) is 4.47. The minimum atomic E-state index is 0.580. The van der Waals surface area contributed by atoms with Crippen LogP contribution in [-0.4, -0.2) is 22.9 Å². The smallest absolute Gasteiger partial charge is 0.143 e. The van der Waals surface area contributed by atoms with Gasteiger partial charge in [0.1, 0.15) is 12.4 Å². The Balaban J connectivity index is 1.74. The van der Waals surface area contributed by atoms with Crippen molar-refractivity contribution in [2.75, 3.05) is 18.0 Å². The number of aromatic nitrogens is 2. The third kappa shape index (κ3) is 3.04. The van der Waals surface area contributed by atoms with Gasteiger partial charge in [-0.2, -0.15) is 5.10 Å². The molecule has 0 saturated carbocycles. The standard InChI is InChI=1S/C17H23N3O/c1-3-20-12-15(14(2)18-20)13-21-17-9-5-4-8-16(17)19-10-6-7-11-19/h4-5,8-9,12H,3,6-7,10-11,13H2,1-2H3. The molecule has 1 aliphatic heterocycles. The first-order valence-electron chi connectivity index (χ1n) is 7.77. The molecule has 0 aliphatic carbocycles. The molecule has 0 spiro atoms. The summed E-state index contributed by atoms with van der Waals surface area (Å²) in [4.78, 5) is 2.41. The van der Waals surface area contributed by atoms with Crippen LogP contribution in [0.25, 0.3) is 0 Å². The van der Waals surface area contributed by atoms with Gasteiger partial charge in [-0.1, -0.05) is 12.1 Å². The van der Waals surface area contributed by atoms with E-state index in [0.29, 0.717) is 6.61 Å². The monoisotopic (exact) mass is 285 g/mol. The highest BCUT2D eigenvalue weighted by Crippen LogP contribution is 2.31. The summed E-state index contributed by atoms with van der Waals surface area (Å²) >= 11 is 0. The molecule has 1 aliphatic rings. The highest BCUT2D eigenvalue weighted by Gasteiger charge is 2.16. The number of benzene rings is 1. The van der Waals surface area contributed by atoms with Crippen LogP contribution in [0.15, 0.2) is 30.5 Å². The van der Waals surface area contributed by atoms with Gasteiger partial charge in [-0.05, 0) is 38.8 Å². The minimum Gasteiger partial charge on any atom is -0.487 e. The van der Waals surface area contributed by atoms with Gasteiger partial charge in [-0.3, -0.25) is 4.68 Å². The molecule has 0 radical (unpaired) electrons. The molecule has 1 saturated heterocycles. The highest BCUT2D eigenvalue weighted by molar-refractivity contribution is 5.58. The number of rotatable bonds is 5. The van der Waals surface area contributed by atoms with E-state index in [1.807, 2.05) is 17.7 Å². The first-order valence-corrected chi connectivity index (χ1v) is 7.77. The van der Waals surface area contributed by atoms with Gasteiger partial charge >= 0.3 is 0 Å². The molecule has 1 aromatic heterocycles. The fourth-order valence-electron chi connectivity index (χ4n) is 2.82. The summed E-state index contributed by atoms with van der Waals surface area (Å²) in [6.45, 7) is 7.87. The van der Waals surface area contributed by atoms with Crippen LogP contribution in [0.2, 0.25) is 0 Å². The molecule has 4 nitrogen and oxygen atoms in total. The Morgan fingerprint density at radius 2 is 1.95 bits per heavy atom. The summed E-state index contributed by atoms with van der Waals surface area (Å²) in [6, 6.07) is 8.34. The molecular weight excluding hydrogens is 262 g/mol. The molecular formula is C17H23N3O. The Morgan fingerprint density at radius 3 is 2.67 bits per heavy atom. The maximum absolute atomic E-state index is 6.08. The van der Waals surface area contributed by atoms with Crippen LogP contribution in [0, 0.1) is 6.92 Å². The SMILES string of the molecule is CCn1cc(COc2ccccc2N2CCCC2)c(C)n1. The van der Waals surface area contributed by atoms with Crippen molar-refractivity contribution in [2.45, 2.75) is 39.8 Å². The lowest BCUT2D eigenvalue weighted by molar-refractivity contribution is 0.306. The van der Waals surface area contributed by atoms with E-state index in [1.165, 1.54) is 18.5 Å². The van der Waals surface area contributed by atoms with Gasteiger partial charge < -0.3 is 9.64 Å². The second kappa shape index (κ2) is 6.20. The minimum absolute atomic E-state index is 0.580. The van der Waals surface area contributed by atoms with Gasteiger partial charge in [0, 0.05) is 31.4 Å². The van der Waals surface area contributed by atoms with Crippen LogP contribution >= 0.6 is 0 Å². The van der Waals surface area contributed by atoms with Gasteiger partial charge in [0.05, 0.1) is 11.4 Å². The van der Waals surface area contributed by atoms with Gasteiger partial charge in [0.25, 0.3) is 0 Å². The molecule has 0 unspecified atom stereocenters. The van der Waals surface area contributed by atoms with E-state index >= 15 is 0 Å². The second-order valence-electron chi connectivity index (χ2n) is 5.55. The molecule has 21 heavy (non-hydrogen) atoms. The van der Waals surface area contributed by atoms with E-state index in [1.54, 1.807) is 0 Å². The quantitative estimate of drug-likeness (QED) is 0.843. The number of ether oxygens (including phenoxy) is 1. The molecule has 2 aromatic rings. The lowest BCUT2D eigenvalue weighted by Crippen LogP contribution is -2.18. The average molecular weight is 285 g/mol. The summed E-state index contributed by atoms with van der Waals surface area (Å²) in [5.74, 6) is 0.975. The fourth-order valence-corrected chi connectivity index (χ4v) is 2.82. The molecule has 0 bridgehead atoms. The van der Waals surface area contributed by atoms with Gasteiger partial charge in [0.15, 0.2) is 0 Å². The van der Waals surface area contributed by atoms with Crippen LogP contribution in [0.4, 0.5) is 5.69 Å². The molecule has 0 atom stereocenters. The maximum Gasteiger partial charge on any atom is 0.143 e. The van der Waals surface area contributed by atoms with E-state index in [4.69, 9.17) is 4.74 Å². The van der Waals surface area contributed by atoms with E-state index in [0.717, 1.165) is 36.6 Å². The first-order chi connectivity index (χ1) is 10.3. The topological polar surface area (TPSA) is 30.3 Å². The zero-order valence-corrected chi connectivity index (χ0v) is 12.9. The molecule has 1 fully saturated rings. The van der Waals surface area contributed by atoms with E-state index in [-0.39, 0.29) is 0 Å². The van der Waals surface area contributed by atoms with Crippen LogP contribution in [-0.2, 0) is 13.2 Å². The molecule has 1 aromatic carbocycles. The molecule has 2 heterocycles. The maximum atomic E-state index is 6.08. The van der Waals surface area contributed by atoms with Crippen molar-refractivity contribution in [3.05, 3.63) is 41.7 Å². The molecule has 4 heteroatoms. The number of hydrogen-bond donors (Lipinski definition) is 0. The zero-order valence-electron chi connectivity index (χ0n) is 12.9. The van der Waals surface area contributed by atoms with Gasteiger partial charge in [-0.25, -0.2) is 0 Å². The van der Waals surface area contributed by atoms with Crippen molar-refractivity contribution in [1.29, 1.82) is 0 Å².